The van der Waals surface area contributed by atoms with Gasteiger partial charge < -0.3 is 4.74 Å². The van der Waals surface area contributed by atoms with E-state index in [1.807, 2.05) is 60.7 Å². The quantitative estimate of drug-likeness (QED) is 0.488. The molecule has 1 aliphatic carbocycles. The zero-order chi connectivity index (χ0) is 21.5. The predicted molar refractivity (Wildman–Crippen MR) is 125 cm³/mol. The molecule has 0 bridgehead atoms. The van der Waals surface area contributed by atoms with Crippen LogP contribution in [0.25, 0.3) is 11.1 Å². The van der Waals surface area contributed by atoms with Crippen molar-refractivity contribution in [2.75, 3.05) is 0 Å². The molecule has 1 fully saturated rings. The van der Waals surface area contributed by atoms with Crippen molar-refractivity contribution < 1.29 is 9.53 Å². The van der Waals surface area contributed by atoms with Crippen LogP contribution in [0.1, 0.15) is 48.5 Å². The lowest BCUT2D eigenvalue weighted by molar-refractivity contribution is 0.0954. The summed E-state index contributed by atoms with van der Waals surface area (Å²) in [5.41, 5.74) is 7.61. The van der Waals surface area contributed by atoms with Gasteiger partial charge in [0.15, 0.2) is 0 Å². The van der Waals surface area contributed by atoms with Gasteiger partial charge in [-0.1, -0.05) is 74.0 Å². The SMILES string of the molecule is CC1CCCCC1=NNC(=O)c1ccc(COc2ccccc2-c2ccccc2)cc1. The molecule has 0 radical (unpaired) electrons. The Morgan fingerprint density at radius 1 is 0.968 bits per heavy atom. The monoisotopic (exact) mass is 412 g/mol. The van der Waals surface area contributed by atoms with Crippen LogP contribution in [-0.4, -0.2) is 11.6 Å². The van der Waals surface area contributed by atoms with Crippen molar-refractivity contribution in [3.05, 3.63) is 90.0 Å². The number of amides is 1. The third-order valence-corrected chi connectivity index (χ3v) is 5.77. The molecule has 0 saturated heterocycles. The highest BCUT2D eigenvalue weighted by molar-refractivity contribution is 5.95. The number of rotatable bonds is 6. The van der Waals surface area contributed by atoms with E-state index in [-0.39, 0.29) is 5.91 Å². The van der Waals surface area contributed by atoms with E-state index in [9.17, 15) is 4.79 Å². The molecule has 4 rings (SSSR count). The van der Waals surface area contributed by atoms with Crippen LogP contribution in [0.5, 0.6) is 5.75 Å². The zero-order valence-electron chi connectivity index (χ0n) is 17.9. The minimum atomic E-state index is -0.174. The summed E-state index contributed by atoms with van der Waals surface area (Å²) < 4.78 is 6.09. The summed E-state index contributed by atoms with van der Waals surface area (Å²) in [6.45, 7) is 2.61. The Labute approximate surface area is 184 Å². The third kappa shape index (κ3) is 5.40. The summed E-state index contributed by atoms with van der Waals surface area (Å²) in [5.74, 6) is 1.12. The minimum absolute atomic E-state index is 0.174. The average Bonchev–Trinajstić information content (AvgIpc) is 2.83. The van der Waals surface area contributed by atoms with Gasteiger partial charge in [-0.2, -0.15) is 5.10 Å². The number of nitrogens with one attached hydrogen (secondary N) is 1. The molecular formula is C27H28N2O2. The second-order valence-electron chi connectivity index (χ2n) is 8.04. The van der Waals surface area contributed by atoms with Crippen LogP contribution < -0.4 is 10.2 Å². The average molecular weight is 413 g/mol. The Bertz CT molecular complexity index is 1040. The minimum Gasteiger partial charge on any atom is -0.488 e. The van der Waals surface area contributed by atoms with E-state index in [2.05, 4.69) is 35.7 Å². The van der Waals surface area contributed by atoms with E-state index in [0.29, 0.717) is 18.1 Å². The van der Waals surface area contributed by atoms with Crippen molar-refractivity contribution >= 4 is 11.6 Å². The van der Waals surface area contributed by atoms with Crippen LogP contribution in [0.15, 0.2) is 84.0 Å². The highest BCUT2D eigenvalue weighted by Gasteiger charge is 2.16. The molecule has 1 saturated carbocycles. The normalized spacial score (nSPS) is 17.3. The van der Waals surface area contributed by atoms with Gasteiger partial charge in [0.25, 0.3) is 5.91 Å². The number of nitrogens with zero attached hydrogens (tertiary/aromatic N) is 1. The molecule has 4 nitrogen and oxygen atoms in total. The van der Waals surface area contributed by atoms with Gasteiger partial charge in [-0.15, -0.1) is 0 Å². The standard InChI is InChI=1S/C27H28N2O2/c1-20-9-5-7-13-25(20)28-29-27(30)23-17-15-21(16-18-23)19-31-26-14-8-6-12-24(26)22-10-3-2-4-11-22/h2-4,6,8,10-12,14-18,20H,5,7,9,13,19H2,1H3,(H,29,30). The number of carbonyl (C=O) groups excluding carboxylic acids is 1. The zero-order valence-corrected chi connectivity index (χ0v) is 17.9. The van der Waals surface area contributed by atoms with Crippen LogP contribution in [0.3, 0.4) is 0 Å². The van der Waals surface area contributed by atoms with Gasteiger partial charge >= 0.3 is 0 Å². The second-order valence-corrected chi connectivity index (χ2v) is 8.04. The molecule has 3 aromatic carbocycles. The smallest absolute Gasteiger partial charge is 0.271 e. The summed E-state index contributed by atoms with van der Waals surface area (Å²) in [4.78, 5) is 12.4. The molecule has 0 spiro atoms. The number of hydrazone groups is 1. The molecule has 1 amide bonds. The first-order valence-electron chi connectivity index (χ1n) is 10.9. The molecule has 3 aromatic rings. The van der Waals surface area contributed by atoms with Crippen molar-refractivity contribution in [1.82, 2.24) is 5.43 Å². The van der Waals surface area contributed by atoms with Gasteiger partial charge in [0.1, 0.15) is 12.4 Å². The summed E-state index contributed by atoms with van der Waals surface area (Å²) in [6.07, 6.45) is 4.52. The summed E-state index contributed by atoms with van der Waals surface area (Å²) in [5, 5.41) is 4.37. The van der Waals surface area contributed by atoms with Crippen molar-refractivity contribution in [3.8, 4) is 16.9 Å². The molecule has 4 heteroatoms. The molecule has 158 valence electrons. The fourth-order valence-corrected chi connectivity index (χ4v) is 3.89. The predicted octanol–water partition coefficient (Wildman–Crippen LogP) is 6.23. The van der Waals surface area contributed by atoms with Gasteiger partial charge in [0.05, 0.1) is 0 Å². The van der Waals surface area contributed by atoms with Crippen LogP contribution in [0, 0.1) is 5.92 Å². The molecule has 0 heterocycles. The maximum atomic E-state index is 12.4. The van der Waals surface area contributed by atoms with Gasteiger partial charge in [-0.25, -0.2) is 5.43 Å². The highest BCUT2D eigenvalue weighted by atomic mass is 16.5. The lowest BCUT2D eigenvalue weighted by Gasteiger charge is -2.19. The topological polar surface area (TPSA) is 50.7 Å². The number of hydrogen-bond acceptors (Lipinski definition) is 3. The number of ether oxygens (including phenoxy) is 1. The first kappa shape index (κ1) is 20.9. The van der Waals surface area contributed by atoms with Crippen molar-refractivity contribution in [1.29, 1.82) is 0 Å². The Morgan fingerprint density at radius 3 is 2.48 bits per heavy atom. The van der Waals surface area contributed by atoms with Crippen molar-refractivity contribution in [3.63, 3.8) is 0 Å². The number of para-hydroxylation sites is 1. The fourth-order valence-electron chi connectivity index (χ4n) is 3.89. The van der Waals surface area contributed by atoms with Gasteiger partial charge in [0, 0.05) is 16.8 Å². The molecule has 1 unspecified atom stereocenters. The molecular weight excluding hydrogens is 384 g/mol. The van der Waals surface area contributed by atoms with Crippen molar-refractivity contribution in [2.24, 2.45) is 11.0 Å². The summed E-state index contributed by atoms with van der Waals surface area (Å²) in [6, 6.07) is 25.7. The Balaban J connectivity index is 1.37. The summed E-state index contributed by atoms with van der Waals surface area (Å²) in [7, 11) is 0. The van der Waals surface area contributed by atoms with Crippen LogP contribution in [0.4, 0.5) is 0 Å². The van der Waals surface area contributed by atoms with Gasteiger partial charge in [-0.3, -0.25) is 4.79 Å². The van der Waals surface area contributed by atoms with E-state index in [1.54, 1.807) is 0 Å². The lowest BCUT2D eigenvalue weighted by Crippen LogP contribution is -2.24. The molecule has 31 heavy (non-hydrogen) atoms. The molecule has 0 aromatic heterocycles. The summed E-state index contributed by atoms with van der Waals surface area (Å²) >= 11 is 0. The fraction of sp³-hybridized carbons (Fsp3) is 0.259. The van der Waals surface area contributed by atoms with Crippen LogP contribution in [0.2, 0.25) is 0 Å². The number of carbonyl (C=O) groups is 1. The number of hydrogen-bond donors (Lipinski definition) is 1. The van der Waals surface area contributed by atoms with E-state index in [1.165, 1.54) is 6.42 Å². The van der Waals surface area contributed by atoms with Gasteiger partial charge in [0.2, 0.25) is 0 Å². The highest BCUT2D eigenvalue weighted by Crippen LogP contribution is 2.30. The lowest BCUT2D eigenvalue weighted by atomic mass is 9.89. The molecule has 1 aliphatic rings. The molecule has 1 atom stereocenters. The van der Waals surface area contributed by atoms with E-state index in [0.717, 1.165) is 47.4 Å². The maximum absolute atomic E-state index is 12.4. The Kier molecular flexibility index (Phi) is 6.78. The van der Waals surface area contributed by atoms with E-state index >= 15 is 0 Å². The van der Waals surface area contributed by atoms with E-state index < -0.39 is 0 Å². The second kappa shape index (κ2) is 10.1. The van der Waals surface area contributed by atoms with E-state index in [4.69, 9.17) is 4.74 Å². The Hall–Kier alpha value is -3.40. The molecule has 1 N–H and O–H groups in total. The van der Waals surface area contributed by atoms with Crippen LogP contribution in [-0.2, 0) is 6.61 Å². The van der Waals surface area contributed by atoms with Crippen LogP contribution >= 0.6 is 0 Å². The number of benzene rings is 3. The molecule has 0 aliphatic heterocycles. The first-order chi connectivity index (χ1) is 15.2. The third-order valence-electron chi connectivity index (χ3n) is 5.77. The maximum Gasteiger partial charge on any atom is 0.271 e. The van der Waals surface area contributed by atoms with Gasteiger partial charge in [-0.05, 0) is 54.5 Å². The first-order valence-corrected chi connectivity index (χ1v) is 10.9. The Morgan fingerprint density at radius 2 is 1.71 bits per heavy atom. The largest absolute Gasteiger partial charge is 0.488 e. The van der Waals surface area contributed by atoms with Crippen molar-refractivity contribution in [2.45, 2.75) is 39.2 Å².